The van der Waals surface area contributed by atoms with E-state index in [2.05, 4.69) is 5.32 Å². The topological polar surface area (TPSA) is 128 Å². The molecular weight excluding hydrogens is 475 g/mol. The van der Waals surface area contributed by atoms with E-state index >= 15 is 0 Å². The molecule has 0 saturated heterocycles. The zero-order valence-electron chi connectivity index (χ0n) is 16.5. The highest BCUT2D eigenvalue weighted by Crippen LogP contribution is 2.32. The van der Waals surface area contributed by atoms with E-state index in [9.17, 15) is 36.5 Å². The van der Waals surface area contributed by atoms with Crippen LogP contribution in [0.1, 0.15) is 5.56 Å². The Labute approximate surface area is 185 Å². The molecule has 174 valence electrons. The summed E-state index contributed by atoms with van der Waals surface area (Å²) in [5.41, 5.74) is -1.13. The molecule has 0 spiro atoms. The maximum Gasteiger partial charge on any atom is 0.416 e. The summed E-state index contributed by atoms with van der Waals surface area (Å²) in [6, 6.07) is 7.86. The van der Waals surface area contributed by atoms with Gasteiger partial charge in [0.05, 0.1) is 15.4 Å². The number of sulfonamides is 1. The van der Waals surface area contributed by atoms with Crippen molar-refractivity contribution in [3.63, 3.8) is 0 Å². The van der Waals surface area contributed by atoms with Crippen molar-refractivity contribution in [3.8, 4) is 0 Å². The fraction of sp³-hybridized carbons (Fsp3) is 0.278. The smallest absolute Gasteiger partial charge is 0.416 e. The molecule has 9 nitrogen and oxygen atoms in total. The lowest BCUT2D eigenvalue weighted by atomic mass is 10.2. The van der Waals surface area contributed by atoms with Crippen molar-refractivity contribution in [3.05, 3.63) is 58.1 Å². The van der Waals surface area contributed by atoms with Crippen LogP contribution in [0.15, 0.2) is 52.3 Å². The number of carbonyl (C=O) groups is 1. The first-order valence-electron chi connectivity index (χ1n) is 8.85. The lowest BCUT2D eigenvalue weighted by molar-refractivity contribution is -0.384. The van der Waals surface area contributed by atoms with E-state index in [1.165, 1.54) is 25.2 Å². The summed E-state index contributed by atoms with van der Waals surface area (Å²) >= 11 is 1.04. The van der Waals surface area contributed by atoms with Crippen LogP contribution in [0.4, 0.5) is 24.5 Å². The van der Waals surface area contributed by atoms with Gasteiger partial charge in [-0.1, -0.05) is 6.07 Å². The van der Waals surface area contributed by atoms with Gasteiger partial charge in [0.25, 0.3) is 5.69 Å². The van der Waals surface area contributed by atoms with Gasteiger partial charge in [-0.2, -0.15) is 17.9 Å². The molecule has 32 heavy (non-hydrogen) atoms. The lowest BCUT2D eigenvalue weighted by Gasteiger charge is -2.10. The average Bonchev–Trinajstić information content (AvgIpc) is 2.74. The van der Waals surface area contributed by atoms with Gasteiger partial charge in [0.1, 0.15) is 18.8 Å². The molecule has 0 bridgehead atoms. The van der Waals surface area contributed by atoms with Crippen molar-refractivity contribution in [2.75, 3.05) is 31.3 Å². The Kier molecular flexibility index (Phi) is 8.46. The van der Waals surface area contributed by atoms with Crippen LogP contribution in [-0.2, 0) is 25.7 Å². The van der Waals surface area contributed by atoms with E-state index in [1.807, 2.05) is 4.72 Å². The summed E-state index contributed by atoms with van der Waals surface area (Å²) in [5.74, 6) is -0.767. The molecule has 2 aromatic rings. The van der Waals surface area contributed by atoms with Gasteiger partial charge >= 0.3 is 12.1 Å². The van der Waals surface area contributed by atoms with E-state index in [0.29, 0.717) is 4.90 Å². The van der Waals surface area contributed by atoms with E-state index in [-0.39, 0.29) is 18.0 Å². The Balaban J connectivity index is 1.85. The average molecular weight is 493 g/mol. The fourth-order valence-corrected chi connectivity index (χ4v) is 4.18. The zero-order chi connectivity index (χ0) is 23.9. The maximum absolute atomic E-state index is 12.7. The van der Waals surface area contributed by atoms with Crippen molar-refractivity contribution >= 4 is 39.1 Å². The highest BCUT2D eigenvalue weighted by molar-refractivity contribution is 7.99. The Bertz CT molecular complexity index is 1090. The molecule has 0 aromatic heterocycles. The summed E-state index contributed by atoms with van der Waals surface area (Å²) in [6.07, 6.45) is -4.46. The number of ether oxygens (including phenoxy) is 1. The predicted molar refractivity (Wildman–Crippen MR) is 111 cm³/mol. The second-order valence-corrected chi connectivity index (χ2v) is 9.04. The molecule has 0 aliphatic rings. The Morgan fingerprint density at radius 2 is 1.94 bits per heavy atom. The molecule has 2 aromatic carbocycles. The lowest BCUT2D eigenvalue weighted by Crippen LogP contribution is -2.31. The van der Waals surface area contributed by atoms with Crippen molar-refractivity contribution in [1.29, 1.82) is 0 Å². The van der Waals surface area contributed by atoms with Gasteiger partial charge in [-0.3, -0.25) is 14.9 Å². The molecule has 0 fully saturated rings. The van der Waals surface area contributed by atoms with Gasteiger partial charge in [-0.25, -0.2) is 8.42 Å². The number of halogens is 3. The number of anilines is 1. The van der Waals surface area contributed by atoms with Crippen molar-refractivity contribution in [1.82, 2.24) is 4.72 Å². The number of alkyl halides is 3. The molecule has 0 unspecified atom stereocenters. The Morgan fingerprint density at radius 1 is 1.22 bits per heavy atom. The first kappa shape index (κ1) is 25.4. The van der Waals surface area contributed by atoms with Gasteiger partial charge in [-0.15, -0.1) is 11.8 Å². The van der Waals surface area contributed by atoms with Gasteiger partial charge in [0.15, 0.2) is 0 Å². The number of nitrogens with one attached hydrogen (secondary N) is 2. The standard InChI is InChI=1S/C18H18F3N3O6S2/c1-22-15-6-5-14(10-16(15)24(26)27)32(28,29)23-11-17(25)30-7-8-31-13-4-2-3-12(9-13)18(19,20)21/h2-6,9-10,22-23H,7-8,11H2,1H3. The Morgan fingerprint density at radius 3 is 2.56 bits per heavy atom. The minimum Gasteiger partial charge on any atom is -0.464 e. The molecule has 0 heterocycles. The van der Waals surface area contributed by atoms with Gasteiger partial charge < -0.3 is 10.1 Å². The van der Waals surface area contributed by atoms with Crippen LogP contribution in [0.3, 0.4) is 0 Å². The molecule has 0 aliphatic carbocycles. The normalized spacial score (nSPS) is 11.8. The first-order valence-corrected chi connectivity index (χ1v) is 11.3. The Hall–Kier alpha value is -2.84. The zero-order valence-corrected chi connectivity index (χ0v) is 18.1. The quantitative estimate of drug-likeness (QED) is 0.170. The number of thioether (sulfide) groups is 1. The highest BCUT2D eigenvalue weighted by Gasteiger charge is 2.30. The summed E-state index contributed by atoms with van der Waals surface area (Å²) in [5, 5.41) is 13.6. The first-order chi connectivity index (χ1) is 14.9. The number of hydrogen-bond acceptors (Lipinski definition) is 8. The second-order valence-electron chi connectivity index (χ2n) is 6.11. The third-order valence-corrected chi connectivity index (χ3v) is 6.29. The number of nitro benzene ring substituents is 1. The number of benzene rings is 2. The maximum atomic E-state index is 12.7. The molecule has 0 saturated carbocycles. The van der Waals surface area contributed by atoms with Crippen molar-refractivity contribution in [2.45, 2.75) is 16.0 Å². The summed E-state index contributed by atoms with van der Waals surface area (Å²) in [7, 11) is -2.78. The third-order valence-electron chi connectivity index (χ3n) is 3.93. The molecule has 2 N–H and O–H groups in total. The van der Waals surface area contributed by atoms with Crippen LogP contribution in [0.2, 0.25) is 0 Å². The number of esters is 1. The predicted octanol–water partition coefficient (Wildman–Crippen LogP) is 3.27. The van der Waals surface area contributed by atoms with Crippen molar-refractivity contribution in [2.24, 2.45) is 0 Å². The van der Waals surface area contributed by atoms with Crippen LogP contribution in [-0.4, -0.2) is 45.3 Å². The van der Waals surface area contributed by atoms with E-state index in [1.54, 1.807) is 0 Å². The number of hydrogen-bond donors (Lipinski definition) is 2. The number of carbonyl (C=O) groups excluding carboxylic acids is 1. The van der Waals surface area contributed by atoms with Crippen LogP contribution < -0.4 is 10.0 Å². The molecule has 0 atom stereocenters. The van der Waals surface area contributed by atoms with E-state index in [0.717, 1.165) is 36.0 Å². The summed E-state index contributed by atoms with van der Waals surface area (Å²) in [6.45, 7) is -0.887. The molecule has 0 aliphatic heterocycles. The summed E-state index contributed by atoms with van der Waals surface area (Å²) in [4.78, 5) is 22.0. The van der Waals surface area contributed by atoms with E-state index in [4.69, 9.17) is 4.74 Å². The van der Waals surface area contributed by atoms with Crippen molar-refractivity contribution < 1.29 is 36.0 Å². The molecular formula is C18H18F3N3O6S2. The molecule has 2 rings (SSSR count). The van der Waals surface area contributed by atoms with E-state index < -0.39 is 49.8 Å². The van der Waals surface area contributed by atoms with Crippen LogP contribution in [0.5, 0.6) is 0 Å². The summed E-state index contributed by atoms with van der Waals surface area (Å²) < 4.78 is 69.5. The molecule has 0 amide bonds. The highest BCUT2D eigenvalue weighted by atomic mass is 32.2. The van der Waals surface area contributed by atoms with Gasteiger partial charge in [0, 0.05) is 23.8 Å². The minimum absolute atomic E-state index is 0.117. The van der Waals surface area contributed by atoms with Gasteiger partial charge in [-0.05, 0) is 30.3 Å². The largest absolute Gasteiger partial charge is 0.464 e. The minimum atomic E-state index is -4.46. The van der Waals surface area contributed by atoms with Crippen LogP contribution in [0.25, 0.3) is 0 Å². The number of nitro groups is 1. The second kappa shape index (κ2) is 10.7. The fourth-order valence-electron chi connectivity index (χ4n) is 2.41. The molecule has 14 heteroatoms. The SMILES string of the molecule is CNc1ccc(S(=O)(=O)NCC(=O)OCCSc2cccc(C(F)(F)F)c2)cc1[N+](=O)[O-]. The number of nitrogens with zero attached hydrogens (tertiary/aromatic N) is 1. The number of rotatable bonds is 10. The van der Waals surface area contributed by atoms with Crippen LogP contribution in [0, 0.1) is 10.1 Å². The molecule has 0 radical (unpaired) electrons. The van der Waals surface area contributed by atoms with Crippen LogP contribution >= 0.6 is 11.8 Å². The monoisotopic (exact) mass is 493 g/mol. The third kappa shape index (κ3) is 7.10. The van der Waals surface area contributed by atoms with Gasteiger partial charge in [0.2, 0.25) is 10.0 Å².